The van der Waals surface area contributed by atoms with Crippen LogP contribution in [0.1, 0.15) is 54.0 Å². The Kier molecular flexibility index (Phi) is 9.72. The number of nitrogens with one attached hydrogen (secondary N) is 2. The fraction of sp³-hybridized carbons (Fsp3) is 0.552. The Labute approximate surface area is 221 Å². The molecule has 2 aromatic rings. The third-order valence-electron chi connectivity index (χ3n) is 7.33. The van der Waals surface area contributed by atoms with Crippen LogP contribution in [0.5, 0.6) is 0 Å². The zero-order valence-electron chi connectivity index (χ0n) is 23.9. The molecule has 0 radical (unpaired) electrons. The first-order valence-electron chi connectivity index (χ1n) is 12.9. The van der Waals surface area contributed by atoms with Crippen LogP contribution in [0.2, 0.25) is 0 Å². The molecule has 2 amide bonds. The van der Waals surface area contributed by atoms with Crippen molar-refractivity contribution in [3.8, 4) is 0 Å². The van der Waals surface area contributed by atoms with E-state index in [2.05, 4.69) is 33.5 Å². The zero-order chi connectivity index (χ0) is 28.2. The van der Waals surface area contributed by atoms with Gasteiger partial charge in [-0.2, -0.15) is 0 Å². The number of hydrogen-bond acceptors (Lipinski definition) is 4. The molecular formula is C29H44N4O4. The highest BCUT2D eigenvalue weighted by Crippen LogP contribution is 2.34. The molecule has 1 aromatic carbocycles. The van der Waals surface area contributed by atoms with E-state index in [1.54, 1.807) is 25.1 Å². The van der Waals surface area contributed by atoms with E-state index in [4.69, 9.17) is 0 Å². The average Bonchev–Trinajstić information content (AvgIpc) is 3.17. The maximum Gasteiger partial charge on any atom is 0.331 e. The summed E-state index contributed by atoms with van der Waals surface area (Å²) < 4.78 is 2.06. The lowest BCUT2D eigenvalue weighted by atomic mass is 9.77. The Balaban J connectivity index is 2.37. The molecule has 8 nitrogen and oxygen atoms in total. The van der Waals surface area contributed by atoms with Crippen LogP contribution in [-0.2, 0) is 26.8 Å². The Hall–Kier alpha value is -3.13. The number of carboxylic acids is 1. The summed E-state index contributed by atoms with van der Waals surface area (Å²) in [5, 5.41) is 16.6. The number of aromatic nitrogens is 1. The second-order valence-corrected chi connectivity index (χ2v) is 11.2. The molecule has 8 heteroatoms. The molecule has 204 valence electrons. The number of aryl methyl sites for hydroxylation is 1. The quantitative estimate of drug-likeness (QED) is 0.399. The first-order chi connectivity index (χ1) is 17.1. The molecule has 3 atom stereocenters. The lowest BCUT2D eigenvalue weighted by Crippen LogP contribution is -2.59. The number of carbonyl (C=O) groups is 3. The molecule has 37 heavy (non-hydrogen) atoms. The standard InChI is InChI=1S/C29H44N4O4/c1-17(2)23(15-19(5)28(36)37)33(10)27(35)24(18(3)4)31-26(34)25(30-8)29(6,7)21-16-32(9)22-14-12-11-13-20(21)22/h11-18,23-25,30H,1-10H3,(H,31,34)(H,36,37)/b19-15+. The van der Waals surface area contributed by atoms with Crippen LogP contribution in [-0.4, -0.2) is 64.6 Å². The van der Waals surface area contributed by atoms with Crippen molar-refractivity contribution in [2.45, 2.75) is 72.0 Å². The molecule has 0 aliphatic heterocycles. The molecule has 3 N–H and O–H groups in total. The van der Waals surface area contributed by atoms with Crippen molar-refractivity contribution in [1.82, 2.24) is 20.1 Å². The normalized spacial score (nSPS) is 15.1. The minimum Gasteiger partial charge on any atom is -0.478 e. The Bertz CT molecular complexity index is 1160. The van der Waals surface area contributed by atoms with Gasteiger partial charge >= 0.3 is 5.97 Å². The van der Waals surface area contributed by atoms with Crippen molar-refractivity contribution < 1.29 is 19.5 Å². The van der Waals surface area contributed by atoms with Gasteiger partial charge in [-0.3, -0.25) is 9.59 Å². The number of carbonyl (C=O) groups excluding carboxylic acids is 2. The zero-order valence-corrected chi connectivity index (χ0v) is 23.9. The summed E-state index contributed by atoms with van der Waals surface area (Å²) in [6, 6.07) is 6.31. The van der Waals surface area contributed by atoms with Crippen LogP contribution in [0.3, 0.4) is 0 Å². The number of amides is 2. The summed E-state index contributed by atoms with van der Waals surface area (Å²) in [5.74, 6) is -1.72. The van der Waals surface area contributed by atoms with E-state index in [1.807, 2.05) is 60.7 Å². The maximum absolute atomic E-state index is 13.7. The lowest BCUT2D eigenvalue weighted by molar-refractivity contribution is -0.139. The highest BCUT2D eigenvalue weighted by molar-refractivity contribution is 5.93. The van der Waals surface area contributed by atoms with Crippen molar-refractivity contribution in [2.75, 3.05) is 14.1 Å². The Morgan fingerprint density at radius 2 is 1.68 bits per heavy atom. The molecule has 2 rings (SSSR count). The molecule has 0 saturated carbocycles. The summed E-state index contributed by atoms with van der Waals surface area (Å²) in [7, 11) is 5.41. The summed E-state index contributed by atoms with van der Waals surface area (Å²) in [5.41, 5.74) is 1.72. The third-order valence-corrected chi connectivity index (χ3v) is 7.33. The number of aliphatic carboxylic acids is 1. The van der Waals surface area contributed by atoms with Gasteiger partial charge in [-0.25, -0.2) is 4.79 Å². The van der Waals surface area contributed by atoms with Crippen LogP contribution >= 0.6 is 0 Å². The van der Waals surface area contributed by atoms with Crippen molar-refractivity contribution in [3.05, 3.63) is 47.7 Å². The third kappa shape index (κ3) is 6.42. The van der Waals surface area contributed by atoms with Gasteiger partial charge in [-0.1, -0.05) is 65.8 Å². The topological polar surface area (TPSA) is 104 Å². The number of benzene rings is 1. The molecule has 1 heterocycles. The van der Waals surface area contributed by atoms with Crippen molar-refractivity contribution in [1.29, 1.82) is 0 Å². The number of nitrogens with zero attached hydrogens (tertiary/aromatic N) is 2. The molecule has 0 saturated heterocycles. The monoisotopic (exact) mass is 512 g/mol. The van der Waals surface area contributed by atoms with Crippen LogP contribution in [0.25, 0.3) is 10.9 Å². The van der Waals surface area contributed by atoms with Crippen molar-refractivity contribution >= 4 is 28.7 Å². The van der Waals surface area contributed by atoms with Gasteiger partial charge in [0.1, 0.15) is 6.04 Å². The summed E-state index contributed by atoms with van der Waals surface area (Å²) in [6.45, 7) is 13.2. The number of rotatable bonds is 11. The number of hydrogen-bond donors (Lipinski definition) is 3. The minimum atomic E-state index is -1.02. The van der Waals surface area contributed by atoms with Crippen LogP contribution in [0, 0.1) is 11.8 Å². The summed E-state index contributed by atoms with van der Waals surface area (Å²) in [4.78, 5) is 40.3. The van der Waals surface area contributed by atoms with Gasteiger partial charge in [-0.05, 0) is 37.4 Å². The minimum absolute atomic E-state index is 0.0119. The van der Waals surface area contributed by atoms with Crippen molar-refractivity contribution in [3.63, 3.8) is 0 Å². The number of fused-ring (bicyclic) bond motifs is 1. The van der Waals surface area contributed by atoms with Gasteiger partial charge in [0.2, 0.25) is 11.8 Å². The molecule has 0 spiro atoms. The van der Waals surface area contributed by atoms with Gasteiger partial charge < -0.3 is 25.2 Å². The number of para-hydroxylation sites is 1. The SMILES string of the molecule is CNC(C(=O)NC(C(=O)N(C)C(/C=C(\C)C(=O)O)C(C)C)C(C)C)C(C)(C)c1cn(C)c2ccccc12. The smallest absolute Gasteiger partial charge is 0.331 e. The lowest BCUT2D eigenvalue weighted by Gasteiger charge is -2.37. The summed E-state index contributed by atoms with van der Waals surface area (Å²) in [6.07, 6.45) is 3.66. The fourth-order valence-electron chi connectivity index (χ4n) is 5.03. The maximum atomic E-state index is 13.7. The molecule has 0 aliphatic rings. The Morgan fingerprint density at radius 1 is 1.08 bits per heavy atom. The van der Waals surface area contributed by atoms with E-state index >= 15 is 0 Å². The van der Waals surface area contributed by atoms with Crippen LogP contribution in [0.4, 0.5) is 0 Å². The van der Waals surface area contributed by atoms with Gasteiger partial charge in [0.15, 0.2) is 0 Å². The van der Waals surface area contributed by atoms with E-state index in [0.717, 1.165) is 16.5 Å². The van der Waals surface area contributed by atoms with E-state index in [9.17, 15) is 19.5 Å². The average molecular weight is 513 g/mol. The van der Waals surface area contributed by atoms with E-state index < -0.39 is 29.5 Å². The first-order valence-corrected chi connectivity index (χ1v) is 12.9. The molecule has 1 aromatic heterocycles. The highest BCUT2D eigenvalue weighted by atomic mass is 16.4. The number of likely N-dealkylation sites (N-methyl/N-ethyl adjacent to an activating group) is 2. The van der Waals surface area contributed by atoms with Gasteiger partial charge in [0.05, 0.1) is 12.1 Å². The molecule has 0 bridgehead atoms. The molecule has 0 aliphatic carbocycles. The predicted octanol–water partition coefficient (Wildman–Crippen LogP) is 3.70. The Morgan fingerprint density at radius 3 is 2.19 bits per heavy atom. The van der Waals surface area contributed by atoms with Crippen LogP contribution in [0.15, 0.2) is 42.1 Å². The van der Waals surface area contributed by atoms with Crippen molar-refractivity contribution in [2.24, 2.45) is 18.9 Å². The predicted molar refractivity (Wildman–Crippen MR) is 148 cm³/mol. The van der Waals surface area contributed by atoms with Gasteiger partial charge in [-0.15, -0.1) is 0 Å². The largest absolute Gasteiger partial charge is 0.478 e. The van der Waals surface area contributed by atoms with E-state index in [0.29, 0.717) is 0 Å². The molecule has 0 fully saturated rings. The second-order valence-electron chi connectivity index (χ2n) is 11.2. The highest BCUT2D eigenvalue weighted by Gasteiger charge is 2.40. The van der Waals surface area contributed by atoms with E-state index in [1.165, 1.54) is 6.92 Å². The fourth-order valence-corrected chi connectivity index (χ4v) is 5.03. The van der Waals surface area contributed by atoms with Gasteiger partial charge in [0.25, 0.3) is 0 Å². The van der Waals surface area contributed by atoms with E-state index in [-0.39, 0.29) is 29.2 Å². The second kappa shape index (κ2) is 11.9. The van der Waals surface area contributed by atoms with Gasteiger partial charge in [0, 0.05) is 42.2 Å². The first kappa shape index (κ1) is 30.1. The number of carboxylic acid groups (broad SMARTS) is 1. The van der Waals surface area contributed by atoms with Crippen LogP contribution < -0.4 is 10.6 Å². The molecular weight excluding hydrogens is 468 g/mol. The molecule has 3 unspecified atom stereocenters. The summed E-state index contributed by atoms with van der Waals surface area (Å²) >= 11 is 0.